The van der Waals surface area contributed by atoms with Crippen molar-refractivity contribution in [2.45, 2.75) is 45.4 Å². The van der Waals surface area contributed by atoms with E-state index in [1.807, 2.05) is 0 Å². The molecule has 2 atom stereocenters. The van der Waals surface area contributed by atoms with Crippen molar-refractivity contribution in [3.05, 3.63) is 0 Å². The standard InChI is InChI=1S/C14H25NO3S/c1-2-3-8-19-10-13(16)15-9-11-6-4-5-7-12(11)14(17)18/h11-12H,2-10H2,1H3,(H,15,16)(H,17,18). The normalized spacial score (nSPS) is 23.0. The molecule has 0 aromatic rings. The molecular weight excluding hydrogens is 262 g/mol. The lowest BCUT2D eigenvalue weighted by molar-refractivity contribution is -0.145. The van der Waals surface area contributed by atoms with E-state index in [4.69, 9.17) is 5.11 Å². The van der Waals surface area contributed by atoms with Crippen molar-refractivity contribution in [3.8, 4) is 0 Å². The van der Waals surface area contributed by atoms with E-state index in [-0.39, 0.29) is 17.7 Å². The van der Waals surface area contributed by atoms with Crippen LogP contribution in [0.25, 0.3) is 0 Å². The zero-order valence-corrected chi connectivity index (χ0v) is 12.5. The molecule has 1 saturated carbocycles. The lowest BCUT2D eigenvalue weighted by Gasteiger charge is -2.28. The minimum Gasteiger partial charge on any atom is -0.481 e. The molecule has 1 aliphatic rings. The lowest BCUT2D eigenvalue weighted by Crippen LogP contribution is -2.37. The summed E-state index contributed by atoms with van der Waals surface area (Å²) in [5, 5.41) is 12.0. The number of carbonyl (C=O) groups is 2. The quantitative estimate of drug-likeness (QED) is 0.673. The molecule has 0 bridgehead atoms. The van der Waals surface area contributed by atoms with Gasteiger partial charge in [-0.15, -0.1) is 0 Å². The Hall–Kier alpha value is -0.710. The van der Waals surface area contributed by atoms with Gasteiger partial charge >= 0.3 is 5.97 Å². The van der Waals surface area contributed by atoms with Crippen LogP contribution in [-0.2, 0) is 9.59 Å². The van der Waals surface area contributed by atoms with Crippen LogP contribution >= 0.6 is 11.8 Å². The summed E-state index contributed by atoms with van der Waals surface area (Å²) < 4.78 is 0. The summed E-state index contributed by atoms with van der Waals surface area (Å²) in [4.78, 5) is 22.8. The zero-order valence-electron chi connectivity index (χ0n) is 11.7. The van der Waals surface area contributed by atoms with Gasteiger partial charge in [0.15, 0.2) is 0 Å². The summed E-state index contributed by atoms with van der Waals surface area (Å²) in [6, 6.07) is 0. The first-order valence-corrected chi connectivity index (χ1v) is 8.37. The van der Waals surface area contributed by atoms with Crippen LogP contribution in [-0.4, -0.2) is 35.0 Å². The number of amides is 1. The maximum atomic E-state index is 11.6. The number of hydrogen-bond acceptors (Lipinski definition) is 3. The van der Waals surface area contributed by atoms with Gasteiger partial charge < -0.3 is 10.4 Å². The highest BCUT2D eigenvalue weighted by molar-refractivity contribution is 7.99. The van der Waals surface area contributed by atoms with Crippen molar-refractivity contribution in [3.63, 3.8) is 0 Å². The Labute approximate surface area is 119 Å². The van der Waals surface area contributed by atoms with Crippen LogP contribution < -0.4 is 5.32 Å². The summed E-state index contributed by atoms with van der Waals surface area (Å²) in [5.41, 5.74) is 0. The van der Waals surface area contributed by atoms with E-state index in [2.05, 4.69) is 12.2 Å². The average Bonchev–Trinajstić information content (AvgIpc) is 2.41. The van der Waals surface area contributed by atoms with E-state index in [0.717, 1.165) is 44.3 Å². The molecule has 1 rings (SSSR count). The SMILES string of the molecule is CCCCSCC(=O)NCC1CCCCC1C(=O)O. The highest BCUT2D eigenvalue weighted by atomic mass is 32.2. The van der Waals surface area contributed by atoms with Crippen LogP contribution in [0.1, 0.15) is 45.4 Å². The Balaban J connectivity index is 2.22. The first-order valence-electron chi connectivity index (χ1n) is 7.22. The Bertz CT molecular complexity index is 296. The average molecular weight is 287 g/mol. The van der Waals surface area contributed by atoms with Gasteiger partial charge in [0.1, 0.15) is 0 Å². The van der Waals surface area contributed by atoms with Crippen LogP contribution in [0.5, 0.6) is 0 Å². The molecule has 0 aromatic heterocycles. The van der Waals surface area contributed by atoms with Crippen LogP contribution in [0.4, 0.5) is 0 Å². The van der Waals surface area contributed by atoms with Gasteiger partial charge in [-0.1, -0.05) is 26.2 Å². The minimum absolute atomic E-state index is 0.0378. The Kier molecular flexibility index (Phi) is 7.94. The summed E-state index contributed by atoms with van der Waals surface area (Å²) in [6.07, 6.45) is 6.03. The fourth-order valence-electron chi connectivity index (χ4n) is 2.48. The molecule has 0 aromatic carbocycles. The number of unbranched alkanes of at least 4 members (excludes halogenated alkanes) is 1. The first kappa shape index (κ1) is 16.3. The monoisotopic (exact) mass is 287 g/mol. The number of carboxylic acid groups (broad SMARTS) is 1. The van der Waals surface area contributed by atoms with E-state index < -0.39 is 5.97 Å². The molecule has 1 amide bonds. The molecule has 1 aliphatic carbocycles. The second-order valence-corrected chi connectivity index (χ2v) is 6.30. The van der Waals surface area contributed by atoms with Crippen molar-refractivity contribution in [2.75, 3.05) is 18.1 Å². The molecule has 0 saturated heterocycles. The number of carboxylic acids is 1. The number of rotatable bonds is 8. The fourth-order valence-corrected chi connectivity index (χ4v) is 3.41. The summed E-state index contributed by atoms with van der Waals surface area (Å²) in [6.45, 7) is 2.65. The topological polar surface area (TPSA) is 66.4 Å². The largest absolute Gasteiger partial charge is 0.481 e. The summed E-state index contributed by atoms with van der Waals surface area (Å²) >= 11 is 1.65. The third-order valence-electron chi connectivity index (χ3n) is 3.66. The number of thioether (sulfide) groups is 1. The molecular formula is C14H25NO3S. The second kappa shape index (κ2) is 9.23. The van der Waals surface area contributed by atoms with Gasteiger partial charge in [0, 0.05) is 6.54 Å². The smallest absolute Gasteiger partial charge is 0.306 e. The molecule has 2 unspecified atom stereocenters. The molecule has 110 valence electrons. The van der Waals surface area contributed by atoms with Crippen molar-refractivity contribution < 1.29 is 14.7 Å². The molecule has 0 radical (unpaired) electrons. The Morgan fingerprint density at radius 3 is 2.74 bits per heavy atom. The Morgan fingerprint density at radius 2 is 2.05 bits per heavy atom. The van der Waals surface area contributed by atoms with Crippen LogP contribution in [0.2, 0.25) is 0 Å². The van der Waals surface area contributed by atoms with Crippen molar-refractivity contribution in [1.29, 1.82) is 0 Å². The number of nitrogens with one attached hydrogen (secondary N) is 1. The van der Waals surface area contributed by atoms with Gasteiger partial charge in [0.2, 0.25) is 5.91 Å². The van der Waals surface area contributed by atoms with E-state index in [1.54, 1.807) is 11.8 Å². The van der Waals surface area contributed by atoms with Crippen LogP contribution in [0.3, 0.4) is 0 Å². The lowest BCUT2D eigenvalue weighted by atomic mass is 9.79. The minimum atomic E-state index is -0.712. The molecule has 4 nitrogen and oxygen atoms in total. The number of carbonyl (C=O) groups excluding carboxylic acids is 1. The van der Waals surface area contributed by atoms with Crippen molar-refractivity contribution in [2.24, 2.45) is 11.8 Å². The first-order chi connectivity index (χ1) is 9.15. The van der Waals surface area contributed by atoms with Gasteiger partial charge in [0.25, 0.3) is 0 Å². The highest BCUT2D eigenvalue weighted by Gasteiger charge is 2.30. The fraction of sp³-hybridized carbons (Fsp3) is 0.857. The maximum Gasteiger partial charge on any atom is 0.306 e. The van der Waals surface area contributed by atoms with Gasteiger partial charge in [-0.3, -0.25) is 9.59 Å². The van der Waals surface area contributed by atoms with E-state index in [0.29, 0.717) is 12.3 Å². The third kappa shape index (κ3) is 6.32. The van der Waals surface area contributed by atoms with Crippen molar-refractivity contribution >= 4 is 23.6 Å². The van der Waals surface area contributed by atoms with Gasteiger partial charge in [-0.2, -0.15) is 11.8 Å². The predicted molar refractivity (Wildman–Crippen MR) is 78.3 cm³/mol. The molecule has 0 heterocycles. The maximum absolute atomic E-state index is 11.6. The van der Waals surface area contributed by atoms with Gasteiger partial charge in [-0.05, 0) is 30.9 Å². The van der Waals surface area contributed by atoms with Gasteiger partial charge in [-0.25, -0.2) is 0 Å². The van der Waals surface area contributed by atoms with Crippen LogP contribution in [0.15, 0.2) is 0 Å². The number of hydrogen-bond donors (Lipinski definition) is 2. The highest BCUT2D eigenvalue weighted by Crippen LogP contribution is 2.29. The van der Waals surface area contributed by atoms with E-state index in [1.165, 1.54) is 0 Å². The van der Waals surface area contributed by atoms with Gasteiger partial charge in [0.05, 0.1) is 11.7 Å². The molecule has 2 N–H and O–H groups in total. The Morgan fingerprint density at radius 1 is 1.32 bits per heavy atom. The summed E-state index contributed by atoms with van der Waals surface area (Å²) in [7, 11) is 0. The summed E-state index contributed by atoms with van der Waals surface area (Å²) in [5.74, 6) is 0.667. The molecule has 0 spiro atoms. The van der Waals surface area contributed by atoms with E-state index in [9.17, 15) is 9.59 Å². The number of aliphatic carboxylic acids is 1. The second-order valence-electron chi connectivity index (χ2n) is 5.20. The van der Waals surface area contributed by atoms with Crippen molar-refractivity contribution in [1.82, 2.24) is 5.32 Å². The zero-order chi connectivity index (χ0) is 14.1. The van der Waals surface area contributed by atoms with E-state index >= 15 is 0 Å². The molecule has 19 heavy (non-hydrogen) atoms. The predicted octanol–water partition coefficient (Wildman–Crippen LogP) is 2.53. The third-order valence-corrected chi connectivity index (χ3v) is 4.71. The van der Waals surface area contributed by atoms with Crippen LogP contribution in [0, 0.1) is 11.8 Å². The molecule has 0 aliphatic heterocycles. The molecule has 1 fully saturated rings. The molecule has 5 heteroatoms.